The summed E-state index contributed by atoms with van der Waals surface area (Å²) in [5, 5.41) is 5.28. The van der Waals surface area contributed by atoms with E-state index in [1.165, 1.54) is 4.88 Å². The molecule has 2 aliphatic heterocycles. The third kappa shape index (κ3) is 3.44. The smallest absolute Gasteiger partial charge is 0.317 e. The van der Waals surface area contributed by atoms with Gasteiger partial charge in [-0.1, -0.05) is 6.07 Å². The Labute approximate surface area is 140 Å². The quantitative estimate of drug-likeness (QED) is 0.912. The van der Waals surface area contributed by atoms with Crippen LogP contribution in [0.4, 0.5) is 4.79 Å². The van der Waals surface area contributed by atoms with E-state index >= 15 is 0 Å². The molecule has 2 amide bonds. The molecule has 6 heteroatoms. The average Bonchev–Trinajstić information content (AvgIpc) is 3.24. The molecular formula is C16H24N2O2S2. The summed E-state index contributed by atoms with van der Waals surface area (Å²) in [6.07, 6.45) is 6.35. The first-order valence-electron chi connectivity index (χ1n) is 7.95. The Bertz CT molecular complexity index is 486. The number of thiophene rings is 1. The Morgan fingerprint density at radius 2 is 2.36 bits per heavy atom. The van der Waals surface area contributed by atoms with E-state index in [0.29, 0.717) is 0 Å². The van der Waals surface area contributed by atoms with E-state index in [4.69, 9.17) is 4.74 Å². The monoisotopic (exact) mass is 340 g/mol. The van der Waals surface area contributed by atoms with Gasteiger partial charge in [-0.25, -0.2) is 4.79 Å². The highest BCUT2D eigenvalue weighted by Gasteiger charge is 2.35. The van der Waals surface area contributed by atoms with Gasteiger partial charge < -0.3 is 15.0 Å². The second-order valence-corrected chi connectivity index (χ2v) is 8.28. The van der Waals surface area contributed by atoms with Crippen LogP contribution in [0.1, 0.15) is 36.6 Å². The van der Waals surface area contributed by atoms with E-state index in [9.17, 15) is 4.79 Å². The molecular weight excluding hydrogens is 316 g/mol. The van der Waals surface area contributed by atoms with Gasteiger partial charge in [0.15, 0.2) is 0 Å². The summed E-state index contributed by atoms with van der Waals surface area (Å²) in [4.78, 5) is 15.9. The zero-order valence-corrected chi connectivity index (χ0v) is 14.7. The number of ether oxygens (including phenoxy) is 1. The predicted octanol–water partition coefficient (Wildman–Crippen LogP) is 3.51. The molecule has 1 unspecified atom stereocenters. The molecule has 0 bridgehead atoms. The number of carbonyl (C=O) groups is 1. The fourth-order valence-electron chi connectivity index (χ4n) is 3.32. The van der Waals surface area contributed by atoms with E-state index in [1.54, 1.807) is 11.3 Å². The fourth-order valence-corrected chi connectivity index (χ4v) is 4.99. The zero-order chi connectivity index (χ0) is 15.4. The molecule has 3 rings (SSSR count). The summed E-state index contributed by atoms with van der Waals surface area (Å²) < 4.78 is 5.61. The summed E-state index contributed by atoms with van der Waals surface area (Å²) in [5.74, 6) is 0. The van der Waals surface area contributed by atoms with Gasteiger partial charge in [0.25, 0.3) is 0 Å². The minimum absolute atomic E-state index is 0.0933. The number of thioether (sulfide) groups is 1. The normalized spacial score (nSPS) is 24.4. The Kier molecular flexibility index (Phi) is 5.31. The van der Waals surface area contributed by atoms with Gasteiger partial charge in [-0.15, -0.1) is 11.3 Å². The largest absolute Gasteiger partial charge is 0.381 e. The fraction of sp³-hybridized carbons (Fsp3) is 0.688. The van der Waals surface area contributed by atoms with Crippen molar-refractivity contribution < 1.29 is 9.53 Å². The van der Waals surface area contributed by atoms with Crippen LogP contribution >= 0.6 is 23.1 Å². The van der Waals surface area contributed by atoms with Gasteiger partial charge in [-0.3, -0.25) is 0 Å². The Balaban J connectivity index is 1.59. The molecule has 2 fully saturated rings. The first-order valence-corrected chi connectivity index (χ1v) is 10.1. The van der Waals surface area contributed by atoms with Crippen molar-refractivity contribution in [3.05, 3.63) is 22.4 Å². The van der Waals surface area contributed by atoms with Gasteiger partial charge in [-0.2, -0.15) is 11.8 Å². The van der Waals surface area contributed by atoms with Crippen LogP contribution in [0.15, 0.2) is 17.5 Å². The summed E-state index contributed by atoms with van der Waals surface area (Å²) in [5.41, 5.74) is 0. The lowest BCUT2D eigenvalue weighted by Gasteiger charge is -2.36. The lowest BCUT2D eigenvalue weighted by molar-refractivity contribution is 0.0771. The van der Waals surface area contributed by atoms with Crippen LogP contribution in [0.3, 0.4) is 0 Å². The van der Waals surface area contributed by atoms with Crippen molar-refractivity contribution >= 4 is 29.1 Å². The standard InChI is InChI=1S/C16H24N2O2S2/c1-21-16(6-9-20-10-7-16)12-17-15(19)18-8-2-4-13(18)14-5-3-11-22-14/h3,5,11,13H,2,4,6-10,12H2,1H3,(H,17,19). The number of hydrogen-bond acceptors (Lipinski definition) is 4. The van der Waals surface area contributed by atoms with Crippen LogP contribution in [-0.2, 0) is 4.74 Å². The van der Waals surface area contributed by atoms with Crippen molar-refractivity contribution in [2.45, 2.75) is 36.5 Å². The molecule has 1 aromatic heterocycles. The molecule has 2 aliphatic rings. The van der Waals surface area contributed by atoms with Crippen molar-refractivity contribution in [3.8, 4) is 0 Å². The van der Waals surface area contributed by atoms with Crippen LogP contribution in [0.5, 0.6) is 0 Å². The molecule has 0 radical (unpaired) electrons. The topological polar surface area (TPSA) is 41.6 Å². The van der Waals surface area contributed by atoms with Crippen molar-refractivity contribution in [1.29, 1.82) is 0 Å². The maximum atomic E-state index is 12.6. The second-order valence-electron chi connectivity index (χ2n) is 6.03. The number of nitrogens with one attached hydrogen (secondary N) is 1. The first-order chi connectivity index (χ1) is 10.7. The molecule has 3 heterocycles. The Hall–Kier alpha value is -0.720. The molecule has 22 heavy (non-hydrogen) atoms. The summed E-state index contributed by atoms with van der Waals surface area (Å²) in [6, 6.07) is 4.57. The lowest BCUT2D eigenvalue weighted by atomic mass is 9.99. The third-order valence-electron chi connectivity index (χ3n) is 4.78. The van der Waals surface area contributed by atoms with Crippen LogP contribution < -0.4 is 5.32 Å². The van der Waals surface area contributed by atoms with Crippen LogP contribution in [-0.4, -0.2) is 48.2 Å². The maximum Gasteiger partial charge on any atom is 0.317 e. The first kappa shape index (κ1) is 16.1. The van der Waals surface area contributed by atoms with Gasteiger partial charge in [0.05, 0.1) is 6.04 Å². The lowest BCUT2D eigenvalue weighted by Crippen LogP contribution is -2.48. The van der Waals surface area contributed by atoms with Crippen molar-refractivity contribution in [3.63, 3.8) is 0 Å². The van der Waals surface area contributed by atoms with Gasteiger partial charge >= 0.3 is 6.03 Å². The van der Waals surface area contributed by atoms with Crippen molar-refractivity contribution in [1.82, 2.24) is 10.2 Å². The number of hydrogen-bond donors (Lipinski definition) is 1. The number of carbonyl (C=O) groups excluding carboxylic acids is 1. The summed E-state index contributed by atoms with van der Waals surface area (Å²) >= 11 is 3.61. The Morgan fingerprint density at radius 1 is 1.55 bits per heavy atom. The van der Waals surface area contributed by atoms with Crippen LogP contribution in [0, 0.1) is 0 Å². The molecule has 0 aromatic carbocycles. The van der Waals surface area contributed by atoms with E-state index in [2.05, 4.69) is 29.1 Å². The second kappa shape index (κ2) is 7.23. The maximum absolute atomic E-state index is 12.6. The summed E-state index contributed by atoms with van der Waals surface area (Å²) in [6.45, 7) is 3.21. The number of likely N-dealkylation sites (tertiary alicyclic amines) is 1. The van der Waals surface area contributed by atoms with E-state index in [0.717, 1.165) is 52.0 Å². The highest BCUT2D eigenvalue weighted by atomic mass is 32.2. The Morgan fingerprint density at radius 3 is 3.05 bits per heavy atom. The number of urea groups is 1. The van der Waals surface area contributed by atoms with Gasteiger partial charge in [0.1, 0.15) is 0 Å². The minimum Gasteiger partial charge on any atom is -0.381 e. The molecule has 1 N–H and O–H groups in total. The van der Waals surface area contributed by atoms with Gasteiger partial charge in [0, 0.05) is 35.9 Å². The highest BCUT2D eigenvalue weighted by Crippen LogP contribution is 2.35. The molecule has 1 atom stereocenters. The van der Waals surface area contributed by atoms with Crippen LogP contribution in [0.25, 0.3) is 0 Å². The molecule has 1 aromatic rings. The van der Waals surface area contributed by atoms with Crippen molar-refractivity contribution in [2.75, 3.05) is 32.6 Å². The van der Waals surface area contributed by atoms with Crippen LogP contribution in [0.2, 0.25) is 0 Å². The molecule has 4 nitrogen and oxygen atoms in total. The third-order valence-corrected chi connectivity index (χ3v) is 7.18. The zero-order valence-electron chi connectivity index (χ0n) is 13.0. The predicted molar refractivity (Wildman–Crippen MR) is 92.7 cm³/mol. The van der Waals surface area contributed by atoms with Gasteiger partial charge in [-0.05, 0) is 43.4 Å². The molecule has 122 valence electrons. The van der Waals surface area contributed by atoms with Gasteiger partial charge in [0.2, 0.25) is 0 Å². The van der Waals surface area contributed by atoms with E-state index in [1.807, 2.05) is 16.7 Å². The highest BCUT2D eigenvalue weighted by molar-refractivity contribution is 8.00. The average molecular weight is 341 g/mol. The molecule has 0 saturated carbocycles. The number of rotatable bonds is 4. The molecule has 0 spiro atoms. The molecule has 0 aliphatic carbocycles. The number of amides is 2. The minimum atomic E-state index is 0.0933. The SMILES string of the molecule is CSC1(CNC(=O)N2CCCC2c2cccs2)CCOCC1. The van der Waals surface area contributed by atoms with E-state index in [-0.39, 0.29) is 16.8 Å². The summed E-state index contributed by atoms with van der Waals surface area (Å²) in [7, 11) is 0. The van der Waals surface area contributed by atoms with Crippen molar-refractivity contribution in [2.24, 2.45) is 0 Å². The number of nitrogens with zero attached hydrogens (tertiary/aromatic N) is 1. The van der Waals surface area contributed by atoms with E-state index < -0.39 is 0 Å². The molecule has 2 saturated heterocycles.